The van der Waals surface area contributed by atoms with Crippen molar-refractivity contribution in [3.63, 3.8) is 0 Å². The molecular formula is C20H17F3O7. The maximum absolute atomic E-state index is 12.6. The maximum Gasteiger partial charge on any atom is 0.416 e. The fourth-order valence-electron chi connectivity index (χ4n) is 2.21. The molecule has 0 aliphatic carbocycles. The highest BCUT2D eigenvalue weighted by atomic mass is 19.4. The van der Waals surface area contributed by atoms with Gasteiger partial charge in [-0.2, -0.15) is 13.2 Å². The van der Waals surface area contributed by atoms with Gasteiger partial charge in [0.25, 0.3) is 5.78 Å². The van der Waals surface area contributed by atoms with E-state index < -0.39 is 42.2 Å². The first-order valence-corrected chi connectivity index (χ1v) is 8.58. The summed E-state index contributed by atoms with van der Waals surface area (Å²) in [6, 6.07) is 10.4. The van der Waals surface area contributed by atoms with Crippen molar-refractivity contribution in [1.82, 2.24) is 0 Å². The molecule has 1 atom stereocenters. The van der Waals surface area contributed by atoms with Gasteiger partial charge in [0, 0.05) is 0 Å². The lowest BCUT2D eigenvalue weighted by Gasteiger charge is -2.14. The standard InChI is InChI=1S/C20H17F3O7/c1-12(10-18(25)28-11-17(24)19(26)27)29-14-6-8-16(9-7-14)30-15-4-2-13(3-5-15)20(21,22)23/h2-9,12H,10-11H2,1H3,(H,26,27). The number of ether oxygens (including phenoxy) is 3. The van der Waals surface area contributed by atoms with E-state index in [4.69, 9.17) is 14.6 Å². The zero-order chi connectivity index (χ0) is 22.3. The number of hydrogen-bond donors (Lipinski definition) is 1. The second-order valence-corrected chi connectivity index (χ2v) is 6.12. The molecule has 0 spiro atoms. The van der Waals surface area contributed by atoms with E-state index in [1.807, 2.05) is 0 Å². The molecule has 0 aliphatic rings. The highest BCUT2D eigenvalue weighted by Crippen LogP contribution is 2.31. The van der Waals surface area contributed by atoms with Gasteiger partial charge in [-0.25, -0.2) is 4.79 Å². The molecule has 2 aromatic rings. The molecule has 0 bridgehead atoms. The van der Waals surface area contributed by atoms with Gasteiger partial charge >= 0.3 is 18.1 Å². The summed E-state index contributed by atoms with van der Waals surface area (Å²) >= 11 is 0. The van der Waals surface area contributed by atoms with Gasteiger partial charge in [0.1, 0.15) is 23.4 Å². The number of esters is 1. The third-order valence-corrected chi connectivity index (χ3v) is 3.64. The molecule has 2 aromatic carbocycles. The smallest absolute Gasteiger partial charge is 0.416 e. The molecule has 30 heavy (non-hydrogen) atoms. The second-order valence-electron chi connectivity index (χ2n) is 6.12. The molecule has 1 unspecified atom stereocenters. The lowest BCUT2D eigenvalue weighted by molar-refractivity contribution is -0.156. The Morgan fingerprint density at radius 3 is 1.93 bits per heavy atom. The minimum atomic E-state index is -4.42. The molecule has 0 aromatic heterocycles. The molecule has 0 saturated carbocycles. The Morgan fingerprint density at radius 2 is 1.43 bits per heavy atom. The number of Topliss-reactive ketones (excluding diaryl/α,β-unsaturated/α-hetero) is 1. The number of aliphatic carboxylic acids is 1. The summed E-state index contributed by atoms with van der Waals surface area (Å²) in [6.45, 7) is 0.726. The molecule has 0 amide bonds. The fourth-order valence-corrected chi connectivity index (χ4v) is 2.21. The number of hydrogen-bond acceptors (Lipinski definition) is 6. The SMILES string of the molecule is CC(CC(=O)OCC(=O)C(=O)O)Oc1ccc(Oc2ccc(C(F)(F)F)cc2)cc1. The highest BCUT2D eigenvalue weighted by Gasteiger charge is 2.30. The number of carbonyl (C=O) groups excluding carboxylic acids is 2. The predicted molar refractivity (Wildman–Crippen MR) is 96.3 cm³/mol. The Kier molecular flexibility index (Phi) is 7.40. The van der Waals surface area contributed by atoms with Crippen molar-refractivity contribution in [2.45, 2.75) is 25.6 Å². The first-order valence-electron chi connectivity index (χ1n) is 8.58. The van der Waals surface area contributed by atoms with Crippen molar-refractivity contribution in [1.29, 1.82) is 0 Å². The van der Waals surface area contributed by atoms with Crippen molar-refractivity contribution >= 4 is 17.7 Å². The quantitative estimate of drug-likeness (QED) is 0.480. The summed E-state index contributed by atoms with van der Waals surface area (Å²) in [5, 5.41) is 8.41. The van der Waals surface area contributed by atoms with E-state index in [2.05, 4.69) is 4.74 Å². The number of benzene rings is 2. The Balaban J connectivity index is 1.84. The van der Waals surface area contributed by atoms with Gasteiger partial charge in [-0.15, -0.1) is 0 Å². The molecule has 7 nitrogen and oxygen atoms in total. The van der Waals surface area contributed by atoms with Gasteiger partial charge in [-0.05, 0) is 55.5 Å². The van der Waals surface area contributed by atoms with Crippen LogP contribution in [0.5, 0.6) is 17.2 Å². The van der Waals surface area contributed by atoms with Crippen LogP contribution in [0.2, 0.25) is 0 Å². The molecule has 0 heterocycles. The van der Waals surface area contributed by atoms with Crippen molar-refractivity contribution < 1.29 is 46.9 Å². The maximum atomic E-state index is 12.6. The normalized spacial score (nSPS) is 12.0. The van der Waals surface area contributed by atoms with Gasteiger partial charge in [0.15, 0.2) is 6.61 Å². The van der Waals surface area contributed by atoms with Crippen LogP contribution in [0.4, 0.5) is 13.2 Å². The predicted octanol–water partition coefficient (Wildman–Crippen LogP) is 3.85. The zero-order valence-corrected chi connectivity index (χ0v) is 15.6. The summed E-state index contributed by atoms with van der Waals surface area (Å²) in [5.41, 5.74) is -0.779. The second kappa shape index (κ2) is 9.77. The molecule has 1 N–H and O–H groups in total. The molecule has 0 saturated heterocycles. The van der Waals surface area contributed by atoms with E-state index in [9.17, 15) is 27.6 Å². The number of alkyl halides is 3. The van der Waals surface area contributed by atoms with Crippen LogP contribution in [0.1, 0.15) is 18.9 Å². The summed E-state index contributed by atoms with van der Waals surface area (Å²) in [6.07, 6.45) is -5.26. The average Bonchev–Trinajstić information content (AvgIpc) is 2.67. The number of carboxylic acids is 1. The molecular weight excluding hydrogens is 409 g/mol. The lowest BCUT2D eigenvalue weighted by atomic mass is 10.2. The molecule has 2 rings (SSSR count). The Bertz CT molecular complexity index is 890. The first kappa shape index (κ1) is 22.7. The first-order chi connectivity index (χ1) is 14.0. The van der Waals surface area contributed by atoms with Crippen molar-refractivity contribution in [3.8, 4) is 17.2 Å². The van der Waals surface area contributed by atoms with Crippen LogP contribution >= 0.6 is 0 Å². The summed E-state index contributed by atoms with van der Waals surface area (Å²) in [7, 11) is 0. The summed E-state index contributed by atoms with van der Waals surface area (Å²) in [5.74, 6) is -2.74. The molecule has 0 fully saturated rings. The molecule has 0 radical (unpaired) electrons. The minimum Gasteiger partial charge on any atom is -0.490 e. The van der Waals surface area contributed by atoms with Crippen LogP contribution in [0.25, 0.3) is 0 Å². The van der Waals surface area contributed by atoms with Gasteiger partial charge < -0.3 is 19.3 Å². The Morgan fingerprint density at radius 1 is 0.933 bits per heavy atom. The van der Waals surface area contributed by atoms with Crippen LogP contribution in [-0.4, -0.2) is 35.5 Å². The van der Waals surface area contributed by atoms with E-state index >= 15 is 0 Å². The monoisotopic (exact) mass is 426 g/mol. The topological polar surface area (TPSA) is 99.1 Å². The van der Waals surface area contributed by atoms with Crippen molar-refractivity contribution in [3.05, 3.63) is 54.1 Å². The third kappa shape index (κ3) is 7.12. The minimum absolute atomic E-state index is 0.212. The van der Waals surface area contributed by atoms with Crippen LogP contribution < -0.4 is 9.47 Å². The third-order valence-electron chi connectivity index (χ3n) is 3.64. The average molecular weight is 426 g/mol. The van der Waals surface area contributed by atoms with Gasteiger partial charge in [-0.3, -0.25) is 9.59 Å². The van der Waals surface area contributed by atoms with Gasteiger partial charge in [0.2, 0.25) is 0 Å². The molecule has 160 valence electrons. The highest BCUT2D eigenvalue weighted by molar-refractivity contribution is 6.33. The number of rotatable bonds is 9. The van der Waals surface area contributed by atoms with Crippen LogP contribution in [0.15, 0.2) is 48.5 Å². The van der Waals surface area contributed by atoms with Crippen LogP contribution in [-0.2, 0) is 25.3 Å². The number of carboxylic acid groups (broad SMARTS) is 1. The van der Waals surface area contributed by atoms with E-state index in [0.717, 1.165) is 12.1 Å². The van der Waals surface area contributed by atoms with Crippen LogP contribution in [0.3, 0.4) is 0 Å². The molecule has 0 aliphatic heterocycles. The van der Waals surface area contributed by atoms with E-state index in [1.165, 1.54) is 36.4 Å². The van der Waals surface area contributed by atoms with Gasteiger partial charge in [0.05, 0.1) is 12.0 Å². The number of carbonyl (C=O) groups is 3. The fraction of sp³-hybridized carbons (Fsp3) is 0.250. The number of halogens is 3. The van der Waals surface area contributed by atoms with Crippen molar-refractivity contribution in [2.24, 2.45) is 0 Å². The summed E-state index contributed by atoms with van der Waals surface area (Å²) < 4.78 is 53.2. The number of ketones is 1. The van der Waals surface area contributed by atoms with Gasteiger partial charge in [-0.1, -0.05) is 0 Å². The summed E-state index contributed by atoms with van der Waals surface area (Å²) in [4.78, 5) is 32.8. The van der Waals surface area contributed by atoms with E-state index in [-0.39, 0.29) is 12.2 Å². The Hall–Kier alpha value is -3.56. The largest absolute Gasteiger partial charge is 0.490 e. The Labute approximate surface area is 169 Å². The van der Waals surface area contributed by atoms with E-state index in [1.54, 1.807) is 6.92 Å². The molecule has 10 heteroatoms. The van der Waals surface area contributed by atoms with Crippen LogP contribution in [0, 0.1) is 0 Å². The van der Waals surface area contributed by atoms with Crippen molar-refractivity contribution in [2.75, 3.05) is 6.61 Å². The zero-order valence-electron chi connectivity index (χ0n) is 15.6. The lowest BCUT2D eigenvalue weighted by Crippen LogP contribution is -2.24. The van der Waals surface area contributed by atoms with E-state index in [0.29, 0.717) is 11.5 Å².